The first-order valence-corrected chi connectivity index (χ1v) is 24.5. The molecule has 64 heavy (non-hydrogen) atoms. The van der Waals surface area contributed by atoms with Crippen LogP contribution in [0.15, 0.2) is 48.8 Å². The number of benzene rings is 1. The lowest BCUT2D eigenvalue weighted by Gasteiger charge is -2.38. The lowest BCUT2D eigenvalue weighted by molar-refractivity contribution is -0.127. The van der Waals surface area contributed by atoms with Crippen LogP contribution in [0.5, 0.6) is 0 Å². The molecule has 3 aliphatic rings. The van der Waals surface area contributed by atoms with E-state index in [1.54, 1.807) is 0 Å². The van der Waals surface area contributed by atoms with Gasteiger partial charge in [-0.25, -0.2) is 4.98 Å². The second kappa shape index (κ2) is 25.2. The molecule has 2 fully saturated rings. The zero-order valence-corrected chi connectivity index (χ0v) is 39.5. The van der Waals surface area contributed by atoms with Gasteiger partial charge >= 0.3 is 0 Å². The van der Waals surface area contributed by atoms with Crippen LogP contribution in [0.4, 0.5) is 17.3 Å². The smallest absolute Gasteiger partial charge is 0.249 e. The molecule has 4 heterocycles. The van der Waals surface area contributed by atoms with Crippen molar-refractivity contribution in [3.05, 3.63) is 59.9 Å². The number of nitrogens with zero attached hydrogens (tertiary/aromatic N) is 6. The van der Waals surface area contributed by atoms with Crippen molar-refractivity contribution in [3.63, 3.8) is 0 Å². The van der Waals surface area contributed by atoms with Crippen molar-refractivity contribution in [1.82, 2.24) is 30.1 Å². The summed E-state index contributed by atoms with van der Waals surface area (Å²) in [6.07, 6.45) is 26.2. The summed E-state index contributed by atoms with van der Waals surface area (Å²) in [6.45, 7) is 16.0. The number of rotatable bonds is 26. The maximum Gasteiger partial charge on any atom is 0.249 e. The third kappa shape index (κ3) is 13.7. The average Bonchev–Trinajstić information content (AvgIpc) is 3.74. The van der Waals surface area contributed by atoms with E-state index in [9.17, 15) is 14.4 Å². The summed E-state index contributed by atoms with van der Waals surface area (Å²) in [5.41, 5.74) is 6.02. The molecule has 1 aromatic carbocycles. The summed E-state index contributed by atoms with van der Waals surface area (Å²) in [5, 5.41) is 6.74. The molecule has 0 radical (unpaired) electrons. The molecule has 350 valence electrons. The highest BCUT2D eigenvalue weighted by Crippen LogP contribution is 2.35. The van der Waals surface area contributed by atoms with Crippen LogP contribution < -0.4 is 20.4 Å². The van der Waals surface area contributed by atoms with Crippen molar-refractivity contribution in [2.45, 2.75) is 110 Å². The molecule has 3 amide bonds. The van der Waals surface area contributed by atoms with Gasteiger partial charge in [0.05, 0.1) is 11.4 Å². The van der Waals surface area contributed by atoms with E-state index in [0.29, 0.717) is 55.7 Å². The van der Waals surface area contributed by atoms with Crippen LogP contribution in [-0.4, -0.2) is 123 Å². The summed E-state index contributed by atoms with van der Waals surface area (Å²) >= 11 is 0. The molecule has 2 saturated heterocycles. The van der Waals surface area contributed by atoms with Gasteiger partial charge in [0, 0.05) is 70.3 Å². The first kappa shape index (κ1) is 48.9. The number of piperidine rings is 2. The Morgan fingerprint density at radius 1 is 0.984 bits per heavy atom. The van der Waals surface area contributed by atoms with E-state index in [1.807, 2.05) is 44.2 Å². The van der Waals surface area contributed by atoms with Crippen LogP contribution in [0.3, 0.4) is 0 Å². The van der Waals surface area contributed by atoms with Crippen molar-refractivity contribution in [1.29, 1.82) is 0 Å². The maximum atomic E-state index is 12.6. The summed E-state index contributed by atoms with van der Waals surface area (Å²) in [5.74, 6) is 3.12. The van der Waals surface area contributed by atoms with E-state index in [4.69, 9.17) is 9.72 Å². The van der Waals surface area contributed by atoms with Gasteiger partial charge in [0.2, 0.25) is 24.7 Å². The average molecular weight is 880 g/mol. The van der Waals surface area contributed by atoms with E-state index >= 15 is 0 Å². The number of amides is 3. The number of carbonyl (C=O) groups excluding carboxylic acids is 3. The zero-order valence-electron chi connectivity index (χ0n) is 39.5. The number of H-pyrrole nitrogens is 1. The Kier molecular flexibility index (Phi) is 19.2. The van der Waals surface area contributed by atoms with Crippen LogP contribution in [0.2, 0.25) is 0 Å². The Hall–Kier alpha value is -4.59. The normalized spacial score (nSPS) is 18.3. The predicted octanol–water partition coefficient (Wildman–Crippen LogP) is 8.09. The van der Waals surface area contributed by atoms with Gasteiger partial charge in [-0.1, -0.05) is 64.3 Å². The van der Waals surface area contributed by atoms with Gasteiger partial charge in [-0.15, -0.1) is 0 Å². The fourth-order valence-corrected chi connectivity index (χ4v) is 9.97. The highest BCUT2D eigenvalue weighted by Gasteiger charge is 2.29. The number of aromatic amines is 1. The monoisotopic (exact) mass is 880 g/mol. The molecular weight excluding hydrogens is 803 g/mol. The summed E-state index contributed by atoms with van der Waals surface area (Å²) in [6, 6.07) is 5.23. The number of imide groups is 1. The van der Waals surface area contributed by atoms with Crippen LogP contribution in [0.1, 0.15) is 109 Å². The molecule has 13 nitrogen and oxygen atoms in total. The fraction of sp³-hybridized carbons (Fsp3) is 0.627. The van der Waals surface area contributed by atoms with Crippen LogP contribution in [-0.2, 0) is 25.5 Å². The SMILES string of the molecule is CCCC(C(=O)NC=O)N(C=O)c1ccc(CCCOCCCN2CCC(CN3CCC(CC4C=CC(c5c[nH]c6nc(NCC(CC)CC)ncc56)=CC4)CC3)CC2)cc1N(C)C. The first-order valence-electron chi connectivity index (χ1n) is 24.5. The number of ether oxygens (including phenoxy) is 1. The number of likely N-dealkylation sites (tertiary alicyclic amines) is 2. The molecule has 0 bridgehead atoms. The Labute approximate surface area is 382 Å². The third-order valence-electron chi connectivity index (χ3n) is 14.0. The first-order chi connectivity index (χ1) is 31.2. The summed E-state index contributed by atoms with van der Waals surface area (Å²) < 4.78 is 6.06. The number of fused-ring (bicyclic) bond motifs is 1. The van der Waals surface area contributed by atoms with Crippen LogP contribution in [0.25, 0.3) is 16.6 Å². The number of hydrogen-bond donors (Lipinski definition) is 3. The number of anilines is 3. The number of aryl methyl sites for hydroxylation is 1. The molecule has 3 N–H and O–H groups in total. The molecule has 2 aromatic heterocycles. The minimum Gasteiger partial charge on any atom is -0.381 e. The number of carbonyl (C=O) groups is 3. The minimum absolute atomic E-state index is 0.370. The predicted molar refractivity (Wildman–Crippen MR) is 261 cm³/mol. The molecular formula is C51H77N9O4. The quantitative estimate of drug-likeness (QED) is 0.0536. The van der Waals surface area contributed by atoms with E-state index in [-0.39, 0.29) is 0 Å². The molecule has 3 aromatic rings. The topological polar surface area (TPSA) is 139 Å². The van der Waals surface area contributed by atoms with Crippen molar-refractivity contribution in [2.24, 2.45) is 23.7 Å². The van der Waals surface area contributed by atoms with Gasteiger partial charge in [0.1, 0.15) is 11.7 Å². The Morgan fingerprint density at radius 2 is 1.73 bits per heavy atom. The van der Waals surface area contributed by atoms with Crippen LogP contribution >= 0.6 is 0 Å². The van der Waals surface area contributed by atoms with Crippen LogP contribution in [0, 0.1) is 23.7 Å². The summed E-state index contributed by atoms with van der Waals surface area (Å²) in [7, 11) is 3.85. The minimum atomic E-state index is -0.758. The highest BCUT2D eigenvalue weighted by atomic mass is 16.5. The molecule has 13 heteroatoms. The second-order valence-electron chi connectivity index (χ2n) is 18.7. The molecule has 2 unspecified atom stereocenters. The molecule has 0 saturated carbocycles. The lowest BCUT2D eigenvalue weighted by atomic mass is 9.82. The van der Waals surface area contributed by atoms with Gasteiger partial charge in [-0.3, -0.25) is 19.7 Å². The van der Waals surface area contributed by atoms with E-state index < -0.39 is 11.9 Å². The van der Waals surface area contributed by atoms with Gasteiger partial charge in [-0.05, 0) is 137 Å². The summed E-state index contributed by atoms with van der Waals surface area (Å²) in [4.78, 5) is 57.4. The van der Waals surface area contributed by atoms with Crippen molar-refractivity contribution in [3.8, 4) is 0 Å². The maximum absolute atomic E-state index is 12.6. The molecule has 0 spiro atoms. The van der Waals surface area contributed by atoms with Gasteiger partial charge < -0.3 is 34.6 Å². The number of nitrogens with one attached hydrogen (secondary N) is 3. The Balaban J connectivity index is 0.820. The highest BCUT2D eigenvalue weighted by molar-refractivity contribution is 5.98. The number of hydrogen-bond acceptors (Lipinski definition) is 10. The van der Waals surface area contributed by atoms with Crippen molar-refractivity contribution < 1.29 is 19.1 Å². The molecule has 2 atom stereocenters. The number of allylic oxidation sites excluding steroid dienone is 4. The second-order valence-corrected chi connectivity index (χ2v) is 18.7. The van der Waals surface area contributed by atoms with E-state index in [0.717, 1.165) is 92.3 Å². The molecule has 1 aliphatic carbocycles. The lowest BCUT2D eigenvalue weighted by Crippen LogP contribution is -2.46. The van der Waals surface area contributed by atoms with Gasteiger partial charge in [0.25, 0.3) is 0 Å². The number of aromatic nitrogens is 3. The Bertz CT molecular complexity index is 1980. The third-order valence-corrected chi connectivity index (χ3v) is 14.0. The fourth-order valence-electron chi connectivity index (χ4n) is 9.97. The van der Waals surface area contributed by atoms with E-state index in [2.05, 4.69) is 74.7 Å². The Morgan fingerprint density at radius 3 is 2.42 bits per heavy atom. The van der Waals surface area contributed by atoms with Gasteiger partial charge in [0.15, 0.2) is 0 Å². The molecule has 6 rings (SSSR count). The van der Waals surface area contributed by atoms with Gasteiger partial charge in [-0.2, -0.15) is 4.98 Å². The standard InChI is InChI=1S/C51H77N9O4/c1-6-11-47(50(63)55-36-61)60(37-62)46-18-15-39(31-48(46)57(4)5)12-9-28-64-29-10-23-58-24-21-42(22-25-58)35-59-26-19-41(20-27-59)30-40-13-16-43(17-14-40)44-33-52-49-45(44)34-54-51(56-49)53-32-38(7-2)8-3/h13,15-18,31,33-34,36-38,40-42,47H,6-12,14,19-30,32,35H2,1-5H3,(H,55,61,63)(H2,52,53,54,56). The van der Waals surface area contributed by atoms with Crippen molar-refractivity contribution in [2.75, 3.05) is 88.2 Å². The van der Waals surface area contributed by atoms with Crippen molar-refractivity contribution >= 4 is 52.7 Å². The largest absolute Gasteiger partial charge is 0.381 e. The molecule has 2 aliphatic heterocycles. The van der Waals surface area contributed by atoms with E-state index in [1.165, 1.54) is 80.9 Å². The zero-order chi connectivity index (χ0) is 45.3.